The van der Waals surface area contributed by atoms with Gasteiger partial charge in [0.05, 0.1) is 11.8 Å². The zero-order chi connectivity index (χ0) is 7.68. The topological polar surface area (TPSA) is 12.4 Å². The number of rotatable bonds is 2. The Kier molecular flexibility index (Phi) is 1.65. The third-order valence-electron chi connectivity index (χ3n) is 2.29. The van der Waals surface area contributed by atoms with Gasteiger partial charge in [-0.1, -0.05) is 17.7 Å². The van der Waals surface area contributed by atoms with E-state index < -0.39 is 0 Å². The van der Waals surface area contributed by atoms with Crippen LogP contribution in [0, 0.1) is 0 Å². The summed E-state index contributed by atoms with van der Waals surface area (Å²) >= 11 is 0. The summed E-state index contributed by atoms with van der Waals surface area (Å²) in [6, 6.07) is 0.629. The Balaban J connectivity index is 1.97. The fourth-order valence-corrected chi connectivity index (χ4v) is 1.52. The molecular weight excluding hydrogens is 134 g/mol. The number of fused-ring (bicyclic) bond motifs is 1. The molecule has 1 atom stereocenters. The Morgan fingerprint density at radius 3 is 3.36 bits per heavy atom. The number of allylic oxidation sites excluding steroid dienone is 3. The molecule has 1 heteroatoms. The van der Waals surface area contributed by atoms with Crippen molar-refractivity contribution in [1.82, 2.24) is 0 Å². The maximum atomic E-state index is 4.33. The molecule has 0 amide bonds. The monoisotopic (exact) mass is 147 g/mol. The number of nitrogens with zero attached hydrogens (tertiary/aromatic N) is 1. The molecule has 0 saturated carbocycles. The smallest absolute Gasteiger partial charge is 0.0922 e. The van der Waals surface area contributed by atoms with Crippen LogP contribution >= 0.6 is 0 Å². The van der Waals surface area contributed by atoms with E-state index in [0.29, 0.717) is 6.04 Å². The largest absolute Gasteiger partial charge is 0.278 e. The molecule has 1 aliphatic heterocycles. The fraction of sp³-hybridized carbons (Fsp3) is 0.500. The lowest BCUT2D eigenvalue weighted by Gasteiger charge is -2.06. The minimum Gasteiger partial charge on any atom is -0.278 e. The van der Waals surface area contributed by atoms with Gasteiger partial charge in [-0.3, -0.25) is 4.99 Å². The fourth-order valence-electron chi connectivity index (χ4n) is 1.52. The lowest BCUT2D eigenvalue weighted by molar-refractivity contribution is 0.790. The Bertz CT molecular complexity index is 246. The van der Waals surface area contributed by atoms with Crippen molar-refractivity contribution in [2.24, 2.45) is 4.99 Å². The van der Waals surface area contributed by atoms with Crippen molar-refractivity contribution >= 4 is 5.71 Å². The van der Waals surface area contributed by atoms with E-state index in [1.807, 2.05) is 0 Å². The highest BCUT2D eigenvalue weighted by Gasteiger charge is 2.28. The molecule has 0 radical (unpaired) electrons. The second kappa shape index (κ2) is 2.65. The van der Waals surface area contributed by atoms with Crippen molar-refractivity contribution in [2.75, 3.05) is 0 Å². The van der Waals surface area contributed by atoms with Crippen LogP contribution in [0.4, 0.5) is 0 Å². The Hall–Kier alpha value is -0.850. The van der Waals surface area contributed by atoms with Gasteiger partial charge in [0.2, 0.25) is 0 Å². The third kappa shape index (κ3) is 1.42. The van der Waals surface area contributed by atoms with E-state index in [4.69, 9.17) is 0 Å². The molecule has 0 aromatic heterocycles. The summed E-state index contributed by atoms with van der Waals surface area (Å²) in [7, 11) is 0. The summed E-state index contributed by atoms with van der Waals surface area (Å²) in [6.45, 7) is 2.07. The summed E-state index contributed by atoms with van der Waals surface area (Å²) in [5, 5.41) is 0. The summed E-state index contributed by atoms with van der Waals surface area (Å²) in [5.41, 5.74) is 2.89. The van der Waals surface area contributed by atoms with Crippen molar-refractivity contribution in [2.45, 2.75) is 32.2 Å². The quantitative estimate of drug-likeness (QED) is 0.532. The number of aliphatic imine (C=N–C) groups is 1. The van der Waals surface area contributed by atoms with E-state index in [1.54, 1.807) is 5.57 Å². The van der Waals surface area contributed by atoms with E-state index >= 15 is 0 Å². The van der Waals surface area contributed by atoms with Gasteiger partial charge in [-0.05, 0) is 32.3 Å². The van der Waals surface area contributed by atoms with Gasteiger partial charge < -0.3 is 0 Å². The van der Waals surface area contributed by atoms with Crippen LogP contribution in [-0.4, -0.2) is 11.8 Å². The average molecular weight is 147 g/mol. The van der Waals surface area contributed by atoms with Gasteiger partial charge in [0.1, 0.15) is 0 Å². The van der Waals surface area contributed by atoms with Crippen molar-refractivity contribution < 1.29 is 0 Å². The molecule has 0 fully saturated rings. The first kappa shape index (κ1) is 6.84. The van der Waals surface area contributed by atoms with Gasteiger partial charge in [-0.25, -0.2) is 0 Å². The molecule has 0 saturated heterocycles. The molecule has 11 heavy (non-hydrogen) atoms. The van der Waals surface area contributed by atoms with Gasteiger partial charge in [-0.15, -0.1) is 0 Å². The molecule has 1 heterocycles. The second-order valence-corrected chi connectivity index (χ2v) is 3.18. The van der Waals surface area contributed by atoms with Crippen LogP contribution in [-0.2, 0) is 0 Å². The van der Waals surface area contributed by atoms with Crippen LogP contribution in [0.2, 0.25) is 0 Å². The molecule has 1 unspecified atom stereocenters. The second-order valence-electron chi connectivity index (χ2n) is 3.18. The minimum absolute atomic E-state index is 0.629. The lowest BCUT2D eigenvalue weighted by atomic mass is 9.97. The van der Waals surface area contributed by atoms with Gasteiger partial charge >= 0.3 is 0 Å². The SMILES string of the molecule is C/C=C\CC1=CC2=NC2CC1. The van der Waals surface area contributed by atoms with Gasteiger partial charge in [0.15, 0.2) is 0 Å². The van der Waals surface area contributed by atoms with Gasteiger partial charge in [0, 0.05) is 0 Å². The van der Waals surface area contributed by atoms with Crippen molar-refractivity contribution in [1.29, 1.82) is 0 Å². The van der Waals surface area contributed by atoms with E-state index in [9.17, 15) is 0 Å². The van der Waals surface area contributed by atoms with Gasteiger partial charge in [-0.2, -0.15) is 0 Å². The molecule has 1 aliphatic carbocycles. The van der Waals surface area contributed by atoms with Crippen LogP contribution in [0.25, 0.3) is 0 Å². The maximum absolute atomic E-state index is 4.33. The van der Waals surface area contributed by atoms with Crippen LogP contribution < -0.4 is 0 Å². The zero-order valence-electron chi connectivity index (χ0n) is 6.88. The molecular formula is C10H13N. The molecule has 0 aromatic carbocycles. The first-order valence-electron chi connectivity index (χ1n) is 4.28. The van der Waals surface area contributed by atoms with Crippen molar-refractivity contribution in [3.63, 3.8) is 0 Å². The summed E-state index contributed by atoms with van der Waals surface area (Å²) < 4.78 is 0. The third-order valence-corrected chi connectivity index (χ3v) is 2.29. The van der Waals surface area contributed by atoms with Crippen LogP contribution in [0.5, 0.6) is 0 Å². The normalized spacial score (nSPS) is 27.9. The molecule has 2 aliphatic rings. The first-order chi connectivity index (χ1) is 5.40. The average Bonchev–Trinajstić information content (AvgIpc) is 2.78. The Morgan fingerprint density at radius 1 is 1.73 bits per heavy atom. The Labute approximate surface area is 67.5 Å². The maximum Gasteiger partial charge on any atom is 0.0922 e. The predicted molar refractivity (Wildman–Crippen MR) is 48.0 cm³/mol. The van der Waals surface area contributed by atoms with Gasteiger partial charge in [0.25, 0.3) is 0 Å². The lowest BCUT2D eigenvalue weighted by Crippen LogP contribution is -2.02. The standard InChI is InChI=1S/C10H13N/c1-2-3-4-8-5-6-9-10(7-8)11-9/h2-3,7,9H,4-6H2,1H3/b3-2-. The van der Waals surface area contributed by atoms with Crippen LogP contribution in [0.1, 0.15) is 26.2 Å². The minimum atomic E-state index is 0.629. The molecule has 0 bridgehead atoms. The van der Waals surface area contributed by atoms with E-state index in [-0.39, 0.29) is 0 Å². The molecule has 2 rings (SSSR count). The summed E-state index contributed by atoms with van der Waals surface area (Å²) in [4.78, 5) is 4.33. The first-order valence-corrected chi connectivity index (χ1v) is 4.28. The highest BCUT2D eigenvalue weighted by Crippen LogP contribution is 2.29. The molecule has 0 spiro atoms. The van der Waals surface area contributed by atoms with Crippen molar-refractivity contribution in [3.05, 3.63) is 23.8 Å². The zero-order valence-corrected chi connectivity index (χ0v) is 6.88. The molecule has 58 valence electrons. The highest BCUT2D eigenvalue weighted by molar-refractivity contribution is 6.10. The van der Waals surface area contributed by atoms with Crippen LogP contribution in [0.3, 0.4) is 0 Å². The highest BCUT2D eigenvalue weighted by atomic mass is 15.0. The summed E-state index contributed by atoms with van der Waals surface area (Å²) in [5.74, 6) is 0. The van der Waals surface area contributed by atoms with Crippen molar-refractivity contribution in [3.8, 4) is 0 Å². The van der Waals surface area contributed by atoms with E-state index in [0.717, 1.165) is 6.42 Å². The van der Waals surface area contributed by atoms with E-state index in [2.05, 4.69) is 30.1 Å². The predicted octanol–water partition coefficient (Wildman–Crippen LogP) is 2.50. The van der Waals surface area contributed by atoms with E-state index in [1.165, 1.54) is 18.6 Å². The molecule has 0 aromatic rings. The Morgan fingerprint density at radius 2 is 2.64 bits per heavy atom. The molecule has 0 N–H and O–H groups in total. The van der Waals surface area contributed by atoms with Crippen LogP contribution in [0.15, 0.2) is 28.8 Å². The number of hydrogen-bond acceptors (Lipinski definition) is 1. The number of hydrogen-bond donors (Lipinski definition) is 0. The molecule has 1 nitrogen and oxygen atoms in total. The summed E-state index contributed by atoms with van der Waals surface area (Å²) in [6.07, 6.45) is 10.2.